The Morgan fingerprint density at radius 2 is 1.94 bits per heavy atom. The fourth-order valence-electron chi connectivity index (χ4n) is 4.50. The van der Waals surface area contributed by atoms with Crippen molar-refractivity contribution in [1.82, 2.24) is 9.80 Å². The number of aldehydes is 2. The maximum Gasteiger partial charge on any atom is 0.304 e. The molecule has 0 bridgehead atoms. The van der Waals surface area contributed by atoms with Gasteiger partial charge in [-0.3, -0.25) is 14.4 Å². The highest BCUT2D eigenvalue weighted by Crippen LogP contribution is 2.25. The van der Waals surface area contributed by atoms with E-state index in [0.717, 1.165) is 44.2 Å². The van der Waals surface area contributed by atoms with Crippen molar-refractivity contribution in [1.29, 1.82) is 0 Å². The second-order valence-corrected chi connectivity index (χ2v) is 9.21. The zero-order chi connectivity index (χ0) is 25.1. The van der Waals surface area contributed by atoms with E-state index >= 15 is 0 Å². The van der Waals surface area contributed by atoms with E-state index < -0.39 is 12.0 Å². The van der Waals surface area contributed by atoms with Crippen LogP contribution < -0.4 is 0 Å². The molecule has 2 rings (SSSR count). The van der Waals surface area contributed by atoms with E-state index in [2.05, 4.69) is 4.90 Å². The lowest BCUT2D eigenvalue weighted by Gasteiger charge is -2.32. The average Bonchev–Trinajstić information content (AvgIpc) is 2.85. The maximum atomic E-state index is 13.4. The average molecular weight is 475 g/mol. The number of methoxy groups -OCH3 is 1. The predicted molar refractivity (Wildman–Crippen MR) is 129 cm³/mol. The minimum atomic E-state index is -0.774. The van der Waals surface area contributed by atoms with Gasteiger partial charge >= 0.3 is 5.97 Å². The molecule has 0 saturated carbocycles. The van der Waals surface area contributed by atoms with Gasteiger partial charge in [-0.15, -0.1) is 0 Å². The monoisotopic (exact) mass is 474 g/mol. The number of carbonyl (C=O) groups is 4. The maximum absolute atomic E-state index is 13.4. The normalized spacial score (nSPS) is 16.6. The summed E-state index contributed by atoms with van der Waals surface area (Å²) in [5.74, 6) is -0.604. The summed E-state index contributed by atoms with van der Waals surface area (Å²) in [5.41, 5.74) is 1.54. The van der Waals surface area contributed by atoms with Crippen LogP contribution in [0.25, 0.3) is 0 Å². The predicted octanol–water partition coefficient (Wildman–Crippen LogP) is 3.07. The Labute approximate surface area is 202 Å². The fourth-order valence-corrected chi connectivity index (χ4v) is 4.50. The van der Waals surface area contributed by atoms with Crippen molar-refractivity contribution in [2.75, 3.05) is 33.8 Å². The third-order valence-electron chi connectivity index (χ3n) is 6.94. The highest BCUT2D eigenvalue weighted by molar-refractivity contribution is 6.03. The van der Waals surface area contributed by atoms with Gasteiger partial charge in [0, 0.05) is 26.3 Å². The molecular formula is C26H38N2O6. The van der Waals surface area contributed by atoms with Crippen LogP contribution in [0.4, 0.5) is 0 Å². The number of carbonyl (C=O) groups excluding carboxylic acids is 3. The number of carboxylic acids is 1. The Bertz CT molecular complexity index is 835. The molecular weight excluding hydrogens is 436 g/mol. The van der Waals surface area contributed by atoms with Gasteiger partial charge in [-0.2, -0.15) is 0 Å². The zero-order valence-electron chi connectivity index (χ0n) is 20.6. The van der Waals surface area contributed by atoms with Crippen molar-refractivity contribution in [2.24, 2.45) is 5.92 Å². The molecule has 0 radical (unpaired) electrons. The number of benzene rings is 1. The molecule has 1 amide bonds. The van der Waals surface area contributed by atoms with E-state index in [4.69, 9.17) is 9.84 Å². The van der Waals surface area contributed by atoms with Crippen molar-refractivity contribution < 1.29 is 29.0 Å². The molecule has 8 nitrogen and oxygen atoms in total. The van der Waals surface area contributed by atoms with Crippen LogP contribution in [-0.2, 0) is 20.7 Å². The molecule has 0 aliphatic carbocycles. The molecule has 34 heavy (non-hydrogen) atoms. The minimum Gasteiger partial charge on any atom is -0.481 e. The third-order valence-corrected chi connectivity index (χ3v) is 6.94. The number of ether oxygens (including phenoxy) is 1. The minimum absolute atomic E-state index is 0.0145. The van der Waals surface area contributed by atoms with Gasteiger partial charge < -0.3 is 24.4 Å². The number of aryl methyl sites for hydroxylation is 1. The molecule has 8 heteroatoms. The second kappa shape index (κ2) is 14.0. The summed E-state index contributed by atoms with van der Waals surface area (Å²) in [6.45, 7) is 4.25. The largest absolute Gasteiger partial charge is 0.481 e. The van der Waals surface area contributed by atoms with Crippen LogP contribution >= 0.6 is 0 Å². The van der Waals surface area contributed by atoms with Crippen LogP contribution in [0.5, 0.6) is 0 Å². The molecule has 1 aliphatic heterocycles. The molecule has 0 spiro atoms. The summed E-state index contributed by atoms with van der Waals surface area (Å²) in [4.78, 5) is 51.3. The molecule has 1 saturated heterocycles. The van der Waals surface area contributed by atoms with Gasteiger partial charge in [0.05, 0.1) is 24.1 Å². The lowest BCUT2D eigenvalue weighted by molar-refractivity contribution is -0.137. The number of hydrogen-bond acceptors (Lipinski definition) is 6. The van der Waals surface area contributed by atoms with Gasteiger partial charge in [0.2, 0.25) is 0 Å². The van der Waals surface area contributed by atoms with Gasteiger partial charge in [-0.25, -0.2) is 0 Å². The van der Waals surface area contributed by atoms with Crippen LogP contribution in [0.2, 0.25) is 0 Å². The molecule has 1 aromatic carbocycles. The van der Waals surface area contributed by atoms with Gasteiger partial charge in [0.25, 0.3) is 5.91 Å². The number of amides is 1. The molecule has 0 aromatic heterocycles. The highest BCUT2D eigenvalue weighted by atomic mass is 16.5. The van der Waals surface area contributed by atoms with Crippen LogP contribution in [0.15, 0.2) is 18.2 Å². The van der Waals surface area contributed by atoms with E-state index in [1.54, 1.807) is 26.3 Å². The van der Waals surface area contributed by atoms with Gasteiger partial charge in [-0.1, -0.05) is 18.2 Å². The Hall–Kier alpha value is -2.58. The van der Waals surface area contributed by atoms with Gasteiger partial charge in [0.1, 0.15) is 6.29 Å². The fraction of sp³-hybridized carbons (Fsp3) is 0.615. The van der Waals surface area contributed by atoms with Gasteiger partial charge in [0.15, 0.2) is 6.29 Å². The summed E-state index contributed by atoms with van der Waals surface area (Å²) in [7, 11) is 3.22. The summed E-state index contributed by atoms with van der Waals surface area (Å²) < 4.78 is 5.25. The molecule has 188 valence electrons. The first-order valence-corrected chi connectivity index (χ1v) is 12.1. The van der Waals surface area contributed by atoms with Gasteiger partial charge in [-0.05, 0) is 70.0 Å². The Kier molecular flexibility index (Phi) is 11.4. The highest BCUT2D eigenvalue weighted by Gasteiger charge is 2.26. The number of carboxylic acid groups (broad SMARTS) is 1. The summed E-state index contributed by atoms with van der Waals surface area (Å²) in [5, 5.41) is 8.87. The molecule has 1 heterocycles. The summed E-state index contributed by atoms with van der Waals surface area (Å²) in [6, 6.07) is 4.73. The van der Waals surface area contributed by atoms with E-state index in [1.807, 2.05) is 13.0 Å². The first-order valence-electron chi connectivity index (χ1n) is 12.1. The van der Waals surface area contributed by atoms with E-state index in [-0.39, 0.29) is 18.4 Å². The Balaban J connectivity index is 2.05. The lowest BCUT2D eigenvalue weighted by Crippen LogP contribution is -2.39. The molecule has 2 unspecified atom stereocenters. The van der Waals surface area contributed by atoms with Crippen LogP contribution in [0, 0.1) is 5.92 Å². The topological polar surface area (TPSA) is 104 Å². The summed E-state index contributed by atoms with van der Waals surface area (Å²) >= 11 is 0. The van der Waals surface area contributed by atoms with Crippen molar-refractivity contribution in [3.8, 4) is 0 Å². The number of aliphatic carboxylic acids is 1. The molecule has 1 fully saturated rings. The first kappa shape index (κ1) is 27.7. The number of rotatable bonds is 14. The second-order valence-electron chi connectivity index (χ2n) is 9.21. The van der Waals surface area contributed by atoms with E-state index in [1.165, 1.54) is 4.90 Å². The summed E-state index contributed by atoms with van der Waals surface area (Å²) in [6.07, 6.45) is 6.29. The van der Waals surface area contributed by atoms with Crippen LogP contribution in [0.3, 0.4) is 0 Å². The van der Waals surface area contributed by atoms with Crippen molar-refractivity contribution in [3.05, 3.63) is 34.9 Å². The molecule has 1 aliphatic rings. The number of piperidine rings is 1. The number of nitrogens with zero attached hydrogens (tertiary/aromatic N) is 2. The molecule has 1 aromatic rings. The SMILES string of the molecule is COC(C)CCC(C=O)N(C)C(=O)c1c(C=O)cccc1CCC1CCN(CCC(=O)O)CC1. The number of likely N-dealkylation sites (N-methyl/N-ethyl adjacent to an activating group) is 1. The third kappa shape index (κ3) is 8.02. The standard InChI is InChI=1S/C26H38N2O6/c1-19(34-3)7-10-23(18-30)27(2)26(33)25-21(5-4-6-22(25)17-29)9-8-20-11-14-28(15-12-20)16-13-24(31)32/h4-6,17-20,23H,7-16H2,1-3H3,(H,31,32). The zero-order valence-corrected chi connectivity index (χ0v) is 20.6. The Morgan fingerprint density at radius 3 is 2.53 bits per heavy atom. The lowest BCUT2D eigenvalue weighted by atomic mass is 9.88. The quantitative estimate of drug-likeness (QED) is 0.413. The van der Waals surface area contributed by atoms with Crippen molar-refractivity contribution >= 4 is 24.4 Å². The van der Waals surface area contributed by atoms with Crippen molar-refractivity contribution in [3.63, 3.8) is 0 Å². The van der Waals surface area contributed by atoms with Crippen LogP contribution in [-0.4, -0.2) is 85.3 Å². The molecule has 1 N–H and O–H groups in total. The number of likely N-dealkylation sites (tertiary alicyclic amines) is 1. The van der Waals surface area contributed by atoms with Crippen molar-refractivity contribution in [2.45, 2.75) is 64.0 Å². The Morgan fingerprint density at radius 1 is 1.24 bits per heavy atom. The smallest absolute Gasteiger partial charge is 0.304 e. The number of hydrogen-bond donors (Lipinski definition) is 1. The van der Waals surface area contributed by atoms with Crippen LogP contribution in [0.1, 0.15) is 71.7 Å². The first-order chi connectivity index (χ1) is 16.3. The van der Waals surface area contributed by atoms with E-state index in [0.29, 0.717) is 49.1 Å². The van der Waals surface area contributed by atoms with E-state index in [9.17, 15) is 19.2 Å². The molecule has 2 atom stereocenters.